The Morgan fingerprint density at radius 1 is 1.35 bits per heavy atom. The molecule has 1 rings (SSSR count). The molecule has 0 bridgehead atoms. The molecule has 0 saturated heterocycles. The molecule has 17 heavy (non-hydrogen) atoms. The van der Waals surface area contributed by atoms with E-state index in [1.165, 1.54) is 0 Å². The second kappa shape index (κ2) is 4.84. The summed E-state index contributed by atoms with van der Waals surface area (Å²) in [5.41, 5.74) is -1.42. The van der Waals surface area contributed by atoms with Crippen molar-refractivity contribution in [1.82, 2.24) is 5.32 Å². The lowest BCUT2D eigenvalue weighted by atomic mass is 9.71. The Morgan fingerprint density at radius 3 is 2.18 bits per heavy atom. The molecule has 0 aliphatic heterocycles. The monoisotopic (exact) mass is 253 g/mol. The Morgan fingerprint density at radius 2 is 1.82 bits per heavy atom. The zero-order valence-corrected chi connectivity index (χ0v) is 9.97. The summed E-state index contributed by atoms with van der Waals surface area (Å²) in [6.45, 7) is 2.50. The lowest BCUT2D eigenvalue weighted by Gasteiger charge is -2.40. The van der Waals surface area contributed by atoms with Crippen LogP contribution in [0, 0.1) is 11.8 Å². The number of hydrogen-bond acceptors (Lipinski definition) is 2. The van der Waals surface area contributed by atoms with Crippen molar-refractivity contribution in [3.05, 3.63) is 0 Å². The van der Waals surface area contributed by atoms with Crippen molar-refractivity contribution in [1.29, 1.82) is 0 Å². The van der Waals surface area contributed by atoms with E-state index in [0.29, 0.717) is 0 Å². The smallest absolute Gasteiger partial charge is 0.401 e. The summed E-state index contributed by atoms with van der Waals surface area (Å²) >= 11 is 0. The number of halogens is 3. The Kier molecular flexibility index (Phi) is 4.06. The normalized spacial score (nSPS) is 34.6. The van der Waals surface area contributed by atoms with E-state index in [1.54, 1.807) is 0 Å². The molecule has 0 amide bonds. The predicted molar refractivity (Wildman–Crippen MR) is 56.6 cm³/mol. The first-order chi connectivity index (χ1) is 7.65. The minimum Gasteiger partial charge on any atom is -0.480 e. The molecule has 0 radical (unpaired) electrons. The van der Waals surface area contributed by atoms with E-state index in [2.05, 4.69) is 5.32 Å². The third-order valence-corrected chi connectivity index (χ3v) is 3.24. The molecule has 1 aliphatic carbocycles. The van der Waals surface area contributed by atoms with Crippen molar-refractivity contribution in [2.45, 2.75) is 44.8 Å². The average molecular weight is 253 g/mol. The van der Waals surface area contributed by atoms with Crippen LogP contribution in [0.3, 0.4) is 0 Å². The number of aliphatic carboxylic acids is 1. The van der Waals surface area contributed by atoms with Gasteiger partial charge >= 0.3 is 12.1 Å². The first-order valence-corrected chi connectivity index (χ1v) is 5.70. The van der Waals surface area contributed by atoms with E-state index >= 15 is 0 Å². The summed E-state index contributed by atoms with van der Waals surface area (Å²) in [6, 6.07) is 0. The lowest BCUT2D eigenvalue weighted by Crippen LogP contribution is -2.58. The minimum absolute atomic E-state index is 0.121. The standard InChI is InChI=1S/C11H18F3NO2/c1-7-3-8(2)5-10(4-7,9(16)17)15-6-11(12,13)14/h7-8,15H,3-6H2,1-2H3,(H,16,17). The van der Waals surface area contributed by atoms with Gasteiger partial charge in [-0.3, -0.25) is 10.1 Å². The first kappa shape index (κ1) is 14.3. The zero-order chi connectivity index (χ0) is 13.3. The number of nitrogens with one attached hydrogen (secondary N) is 1. The summed E-state index contributed by atoms with van der Waals surface area (Å²) in [5, 5.41) is 11.4. The predicted octanol–water partition coefficient (Wildman–Crippen LogP) is 2.42. The van der Waals surface area contributed by atoms with Gasteiger partial charge in [-0.15, -0.1) is 0 Å². The Balaban J connectivity index is 2.78. The van der Waals surface area contributed by atoms with Gasteiger partial charge < -0.3 is 5.11 Å². The van der Waals surface area contributed by atoms with Crippen molar-refractivity contribution in [3.8, 4) is 0 Å². The summed E-state index contributed by atoms with van der Waals surface area (Å²) < 4.78 is 36.5. The van der Waals surface area contributed by atoms with Gasteiger partial charge in [-0.2, -0.15) is 13.2 Å². The fourth-order valence-corrected chi connectivity index (χ4v) is 2.79. The topological polar surface area (TPSA) is 49.3 Å². The van der Waals surface area contributed by atoms with Gasteiger partial charge in [-0.05, 0) is 31.1 Å². The van der Waals surface area contributed by atoms with Gasteiger partial charge in [0.15, 0.2) is 0 Å². The molecule has 0 spiro atoms. The molecule has 0 aromatic heterocycles. The quantitative estimate of drug-likeness (QED) is 0.812. The van der Waals surface area contributed by atoms with Crippen molar-refractivity contribution < 1.29 is 23.1 Å². The number of carboxylic acid groups (broad SMARTS) is 1. The minimum atomic E-state index is -4.38. The van der Waals surface area contributed by atoms with Crippen molar-refractivity contribution in [2.75, 3.05) is 6.54 Å². The second-order valence-corrected chi connectivity index (χ2v) is 5.21. The maximum atomic E-state index is 12.2. The number of alkyl halides is 3. The molecule has 3 nitrogen and oxygen atoms in total. The molecule has 0 aromatic rings. The highest BCUT2D eigenvalue weighted by Crippen LogP contribution is 2.36. The van der Waals surface area contributed by atoms with Crippen molar-refractivity contribution in [2.24, 2.45) is 11.8 Å². The van der Waals surface area contributed by atoms with Crippen LogP contribution in [-0.4, -0.2) is 29.3 Å². The summed E-state index contributed by atoms with van der Waals surface area (Å²) in [5.74, 6) is -0.939. The molecule has 2 N–H and O–H groups in total. The van der Waals surface area contributed by atoms with E-state index in [4.69, 9.17) is 0 Å². The van der Waals surface area contributed by atoms with Gasteiger partial charge in [-0.25, -0.2) is 0 Å². The van der Waals surface area contributed by atoms with Crippen LogP contribution in [0.5, 0.6) is 0 Å². The van der Waals surface area contributed by atoms with Crippen LogP contribution in [0.4, 0.5) is 13.2 Å². The van der Waals surface area contributed by atoms with Gasteiger partial charge in [-0.1, -0.05) is 13.8 Å². The molecule has 100 valence electrons. The van der Waals surface area contributed by atoms with Gasteiger partial charge in [0.2, 0.25) is 0 Å². The molecular formula is C11H18F3NO2. The SMILES string of the molecule is CC1CC(C)CC(NCC(F)(F)F)(C(=O)O)C1. The Bertz CT molecular complexity index is 281. The highest BCUT2D eigenvalue weighted by Gasteiger charge is 2.46. The fraction of sp³-hybridized carbons (Fsp3) is 0.909. The van der Waals surface area contributed by atoms with Crippen molar-refractivity contribution in [3.63, 3.8) is 0 Å². The molecule has 1 fully saturated rings. The van der Waals surface area contributed by atoms with E-state index in [1.807, 2.05) is 13.8 Å². The van der Waals surface area contributed by atoms with Gasteiger partial charge in [0.1, 0.15) is 5.54 Å². The van der Waals surface area contributed by atoms with E-state index < -0.39 is 24.2 Å². The second-order valence-electron chi connectivity index (χ2n) is 5.21. The molecule has 0 heterocycles. The number of rotatable bonds is 3. The van der Waals surface area contributed by atoms with E-state index in [0.717, 1.165) is 6.42 Å². The number of carboxylic acids is 1. The van der Waals surface area contributed by atoms with Gasteiger partial charge in [0, 0.05) is 0 Å². The maximum Gasteiger partial charge on any atom is 0.401 e. The zero-order valence-electron chi connectivity index (χ0n) is 9.97. The Hall–Kier alpha value is -0.780. The lowest BCUT2D eigenvalue weighted by molar-refractivity contribution is -0.154. The fourth-order valence-electron chi connectivity index (χ4n) is 2.79. The molecule has 1 aliphatic rings. The van der Waals surface area contributed by atoms with Crippen LogP contribution in [0.1, 0.15) is 33.1 Å². The summed E-state index contributed by atoms with van der Waals surface area (Å²) in [6.07, 6.45) is -3.01. The molecule has 0 aromatic carbocycles. The Labute approximate surface area is 98.4 Å². The van der Waals surface area contributed by atoms with Crippen LogP contribution in [-0.2, 0) is 4.79 Å². The highest BCUT2D eigenvalue weighted by molar-refractivity contribution is 5.79. The number of hydrogen-bond donors (Lipinski definition) is 2. The third kappa shape index (κ3) is 3.87. The van der Waals surface area contributed by atoms with E-state index in [9.17, 15) is 23.1 Å². The van der Waals surface area contributed by atoms with Crippen LogP contribution in [0.15, 0.2) is 0 Å². The van der Waals surface area contributed by atoms with Gasteiger partial charge in [0.05, 0.1) is 6.54 Å². The third-order valence-electron chi connectivity index (χ3n) is 3.24. The highest BCUT2D eigenvalue weighted by atomic mass is 19.4. The molecule has 2 atom stereocenters. The molecule has 6 heteroatoms. The molecule has 1 saturated carbocycles. The first-order valence-electron chi connectivity index (χ1n) is 5.70. The maximum absolute atomic E-state index is 12.2. The van der Waals surface area contributed by atoms with Crippen LogP contribution in [0.25, 0.3) is 0 Å². The largest absolute Gasteiger partial charge is 0.480 e. The summed E-state index contributed by atoms with van der Waals surface area (Å²) in [7, 11) is 0. The van der Waals surface area contributed by atoms with E-state index in [-0.39, 0.29) is 24.7 Å². The van der Waals surface area contributed by atoms with Crippen LogP contribution >= 0.6 is 0 Å². The van der Waals surface area contributed by atoms with Gasteiger partial charge in [0.25, 0.3) is 0 Å². The van der Waals surface area contributed by atoms with Crippen LogP contribution < -0.4 is 5.32 Å². The average Bonchev–Trinajstić information content (AvgIpc) is 2.11. The van der Waals surface area contributed by atoms with Crippen molar-refractivity contribution >= 4 is 5.97 Å². The molecule has 2 unspecified atom stereocenters. The summed E-state index contributed by atoms with van der Waals surface area (Å²) in [4.78, 5) is 11.3. The van der Waals surface area contributed by atoms with Crippen LogP contribution in [0.2, 0.25) is 0 Å². The molecular weight excluding hydrogens is 235 g/mol. The number of carbonyl (C=O) groups is 1.